The highest BCUT2D eigenvalue weighted by Crippen LogP contribution is 2.22. The monoisotopic (exact) mass is 283 g/mol. The van der Waals surface area contributed by atoms with E-state index < -0.39 is 0 Å². The lowest BCUT2D eigenvalue weighted by Gasteiger charge is -2.19. The topological polar surface area (TPSA) is 20.3 Å². The van der Waals surface area contributed by atoms with Gasteiger partial charge in [-0.1, -0.05) is 19.8 Å². The fraction of sp³-hybridized carbons (Fsp3) is 0.462. The van der Waals surface area contributed by atoms with E-state index in [1.54, 1.807) is 0 Å². The fourth-order valence-electron chi connectivity index (χ4n) is 1.58. The first-order valence-corrected chi connectivity index (χ1v) is 6.44. The number of nitrogens with zero attached hydrogens (tertiary/aromatic N) is 1. The van der Waals surface area contributed by atoms with E-state index >= 15 is 0 Å². The highest BCUT2D eigenvalue weighted by atomic mass is 79.9. The Morgan fingerprint density at radius 1 is 1.38 bits per heavy atom. The number of rotatable bonds is 6. The molecule has 0 aliphatic carbocycles. The standard InChI is InChI=1S/C13H18BrNO/c1-3-4-5-8-15(2)12-7-6-11(10-16)13(14)9-12/h6-7,9-10H,3-5,8H2,1-2H3. The van der Waals surface area contributed by atoms with Crippen LogP contribution in [0, 0.1) is 0 Å². The van der Waals surface area contributed by atoms with Gasteiger partial charge in [0.1, 0.15) is 0 Å². The Bertz CT molecular complexity index is 352. The van der Waals surface area contributed by atoms with Gasteiger partial charge in [-0.05, 0) is 40.5 Å². The molecule has 0 aromatic heterocycles. The third-order valence-corrected chi connectivity index (χ3v) is 3.34. The van der Waals surface area contributed by atoms with Gasteiger partial charge in [-0.3, -0.25) is 4.79 Å². The lowest BCUT2D eigenvalue weighted by molar-refractivity contribution is 0.112. The maximum atomic E-state index is 10.7. The molecule has 16 heavy (non-hydrogen) atoms. The summed E-state index contributed by atoms with van der Waals surface area (Å²) in [5.41, 5.74) is 1.85. The first-order chi connectivity index (χ1) is 7.69. The summed E-state index contributed by atoms with van der Waals surface area (Å²) in [6.07, 6.45) is 4.57. The smallest absolute Gasteiger partial charge is 0.151 e. The van der Waals surface area contributed by atoms with Gasteiger partial charge >= 0.3 is 0 Å². The number of anilines is 1. The molecule has 1 rings (SSSR count). The van der Waals surface area contributed by atoms with Crippen LogP contribution in [0.3, 0.4) is 0 Å². The summed E-state index contributed by atoms with van der Waals surface area (Å²) >= 11 is 3.40. The van der Waals surface area contributed by atoms with Crippen LogP contribution >= 0.6 is 15.9 Å². The van der Waals surface area contributed by atoms with Gasteiger partial charge in [0.15, 0.2) is 6.29 Å². The van der Waals surface area contributed by atoms with Gasteiger partial charge in [0, 0.05) is 29.3 Å². The van der Waals surface area contributed by atoms with Crippen LogP contribution in [0.4, 0.5) is 5.69 Å². The van der Waals surface area contributed by atoms with E-state index in [1.165, 1.54) is 19.3 Å². The maximum Gasteiger partial charge on any atom is 0.151 e. The van der Waals surface area contributed by atoms with Crippen molar-refractivity contribution < 1.29 is 4.79 Å². The van der Waals surface area contributed by atoms with Crippen molar-refractivity contribution in [2.45, 2.75) is 26.2 Å². The van der Waals surface area contributed by atoms with Gasteiger partial charge in [0.05, 0.1) is 0 Å². The fourth-order valence-corrected chi connectivity index (χ4v) is 2.04. The predicted octanol–water partition coefficient (Wildman–Crippen LogP) is 3.89. The largest absolute Gasteiger partial charge is 0.375 e. The van der Waals surface area contributed by atoms with E-state index in [9.17, 15) is 4.79 Å². The van der Waals surface area contributed by atoms with Crippen molar-refractivity contribution in [2.24, 2.45) is 0 Å². The van der Waals surface area contributed by atoms with E-state index in [0.29, 0.717) is 5.56 Å². The summed E-state index contributed by atoms with van der Waals surface area (Å²) in [6.45, 7) is 3.26. The minimum atomic E-state index is 0.700. The number of carbonyl (C=O) groups excluding carboxylic acids is 1. The third-order valence-electron chi connectivity index (χ3n) is 2.65. The van der Waals surface area contributed by atoms with Gasteiger partial charge in [-0.15, -0.1) is 0 Å². The lowest BCUT2D eigenvalue weighted by atomic mass is 10.2. The van der Waals surface area contributed by atoms with Crippen molar-refractivity contribution in [1.29, 1.82) is 0 Å². The Hall–Kier alpha value is -0.830. The SMILES string of the molecule is CCCCCN(C)c1ccc(C=O)c(Br)c1. The number of carbonyl (C=O) groups is 1. The van der Waals surface area contributed by atoms with Crippen LogP contribution in [0.5, 0.6) is 0 Å². The zero-order valence-corrected chi connectivity index (χ0v) is 11.5. The zero-order chi connectivity index (χ0) is 12.0. The summed E-state index contributed by atoms with van der Waals surface area (Å²) < 4.78 is 0.863. The van der Waals surface area contributed by atoms with Crippen molar-refractivity contribution in [2.75, 3.05) is 18.5 Å². The molecule has 0 fully saturated rings. The van der Waals surface area contributed by atoms with Crippen LogP contribution in [0.1, 0.15) is 36.5 Å². The van der Waals surface area contributed by atoms with Crippen LogP contribution in [0.15, 0.2) is 22.7 Å². The maximum absolute atomic E-state index is 10.7. The summed E-state index contributed by atoms with van der Waals surface area (Å²) in [6, 6.07) is 5.83. The minimum Gasteiger partial charge on any atom is -0.375 e. The molecule has 0 atom stereocenters. The van der Waals surface area contributed by atoms with Gasteiger partial charge in [-0.2, -0.15) is 0 Å². The number of unbranched alkanes of at least 4 members (excludes halogenated alkanes) is 2. The van der Waals surface area contributed by atoms with Crippen LogP contribution < -0.4 is 4.90 Å². The van der Waals surface area contributed by atoms with Crippen molar-refractivity contribution in [3.05, 3.63) is 28.2 Å². The molecule has 1 aromatic rings. The molecule has 0 radical (unpaired) electrons. The normalized spacial score (nSPS) is 10.2. The molecule has 1 aromatic carbocycles. The second-order valence-electron chi connectivity index (χ2n) is 3.95. The van der Waals surface area contributed by atoms with Crippen LogP contribution in [0.25, 0.3) is 0 Å². The van der Waals surface area contributed by atoms with Gasteiger partial charge in [0.25, 0.3) is 0 Å². The summed E-state index contributed by atoms with van der Waals surface area (Å²) in [5, 5.41) is 0. The molecule has 3 heteroatoms. The van der Waals surface area contributed by atoms with E-state index in [0.717, 1.165) is 23.0 Å². The zero-order valence-electron chi connectivity index (χ0n) is 9.87. The summed E-state index contributed by atoms with van der Waals surface area (Å²) in [7, 11) is 2.08. The molecule has 0 heterocycles. The molecule has 0 saturated carbocycles. The van der Waals surface area contributed by atoms with Gasteiger partial charge < -0.3 is 4.90 Å². The van der Waals surface area contributed by atoms with Crippen LogP contribution in [-0.4, -0.2) is 19.9 Å². The van der Waals surface area contributed by atoms with E-state index in [-0.39, 0.29) is 0 Å². The number of hydrogen-bond donors (Lipinski definition) is 0. The number of halogens is 1. The minimum absolute atomic E-state index is 0.700. The lowest BCUT2D eigenvalue weighted by Crippen LogP contribution is -2.18. The summed E-state index contributed by atoms with van der Waals surface area (Å²) in [4.78, 5) is 12.9. The quantitative estimate of drug-likeness (QED) is 0.583. The van der Waals surface area contributed by atoms with Crippen molar-refractivity contribution in [3.8, 4) is 0 Å². The molecular formula is C13H18BrNO. The van der Waals surface area contributed by atoms with E-state index in [2.05, 4.69) is 34.8 Å². The van der Waals surface area contributed by atoms with Gasteiger partial charge in [-0.25, -0.2) is 0 Å². The van der Waals surface area contributed by atoms with Crippen molar-refractivity contribution >= 4 is 27.9 Å². The Balaban J connectivity index is 2.65. The Morgan fingerprint density at radius 3 is 2.69 bits per heavy atom. The average molecular weight is 284 g/mol. The predicted molar refractivity (Wildman–Crippen MR) is 72.3 cm³/mol. The molecule has 0 saturated heterocycles. The molecule has 0 aliphatic rings. The Morgan fingerprint density at radius 2 is 2.12 bits per heavy atom. The van der Waals surface area contributed by atoms with Crippen molar-refractivity contribution in [1.82, 2.24) is 0 Å². The highest BCUT2D eigenvalue weighted by molar-refractivity contribution is 9.10. The third kappa shape index (κ3) is 3.63. The van der Waals surface area contributed by atoms with Crippen LogP contribution in [-0.2, 0) is 0 Å². The van der Waals surface area contributed by atoms with Gasteiger partial charge in [0.2, 0.25) is 0 Å². The molecule has 2 nitrogen and oxygen atoms in total. The van der Waals surface area contributed by atoms with E-state index in [1.807, 2.05) is 18.2 Å². The number of hydrogen-bond acceptors (Lipinski definition) is 2. The second kappa shape index (κ2) is 6.69. The molecule has 0 amide bonds. The second-order valence-corrected chi connectivity index (χ2v) is 4.81. The Labute approximate surface area is 106 Å². The molecule has 0 unspecified atom stereocenters. The molecule has 0 bridgehead atoms. The average Bonchev–Trinajstić information content (AvgIpc) is 2.29. The van der Waals surface area contributed by atoms with Crippen molar-refractivity contribution in [3.63, 3.8) is 0 Å². The summed E-state index contributed by atoms with van der Waals surface area (Å²) in [5.74, 6) is 0. The highest BCUT2D eigenvalue weighted by Gasteiger charge is 2.04. The molecule has 0 aliphatic heterocycles. The molecular weight excluding hydrogens is 266 g/mol. The molecule has 88 valence electrons. The molecule has 0 N–H and O–H groups in total. The Kier molecular flexibility index (Phi) is 5.53. The first-order valence-electron chi connectivity index (χ1n) is 5.65. The molecule has 0 spiro atoms. The number of aldehydes is 1. The first kappa shape index (κ1) is 13.2. The van der Waals surface area contributed by atoms with E-state index in [4.69, 9.17) is 0 Å². The number of benzene rings is 1. The van der Waals surface area contributed by atoms with Crippen LogP contribution in [0.2, 0.25) is 0 Å².